The summed E-state index contributed by atoms with van der Waals surface area (Å²) in [5.41, 5.74) is 1.89. The third-order valence-corrected chi connectivity index (χ3v) is 2.29. The molecule has 0 amide bonds. The van der Waals surface area contributed by atoms with Gasteiger partial charge in [-0.05, 0) is 5.39 Å². The number of nitrogens with zero attached hydrogens (tertiary/aromatic N) is 3. The van der Waals surface area contributed by atoms with E-state index in [2.05, 4.69) is 21.2 Å². The maximum absolute atomic E-state index is 4.17. The first kappa shape index (κ1) is 7.38. The summed E-state index contributed by atoms with van der Waals surface area (Å²) < 4.78 is 0. The summed E-state index contributed by atoms with van der Waals surface area (Å²) in [4.78, 5) is 4.17. The van der Waals surface area contributed by atoms with Gasteiger partial charge in [0.2, 0.25) is 0 Å². The lowest BCUT2D eigenvalue weighted by Crippen LogP contribution is -1.72. The Morgan fingerprint density at radius 2 is 1.86 bits per heavy atom. The zero-order valence-electron chi connectivity index (χ0n) is 7.38. The average Bonchev–Trinajstić information content (AvgIpc) is 2.61. The normalized spacial score (nSPS) is 10.9. The molecule has 1 aromatic carbocycles. The molecule has 0 aliphatic carbocycles. The number of benzene rings is 1. The zero-order chi connectivity index (χ0) is 9.38. The number of aromatic nitrogens is 3. The van der Waals surface area contributed by atoms with E-state index < -0.39 is 0 Å². The van der Waals surface area contributed by atoms with Crippen LogP contribution in [0.2, 0.25) is 0 Å². The molecule has 2 aliphatic rings. The van der Waals surface area contributed by atoms with E-state index in [1.807, 2.05) is 24.4 Å². The second-order valence-electron chi connectivity index (χ2n) is 3.14. The van der Waals surface area contributed by atoms with Gasteiger partial charge in [-0.1, -0.05) is 24.3 Å². The lowest BCUT2D eigenvalue weighted by molar-refractivity contribution is 1.09. The van der Waals surface area contributed by atoms with Crippen molar-refractivity contribution in [1.29, 1.82) is 0 Å². The summed E-state index contributed by atoms with van der Waals surface area (Å²) >= 11 is 0. The summed E-state index contributed by atoms with van der Waals surface area (Å²) in [5, 5.41) is 10.1. The minimum Gasteiger partial charge on any atom is -0.262 e. The molecular formula is C11H7N3. The largest absolute Gasteiger partial charge is 0.262 e. The van der Waals surface area contributed by atoms with Gasteiger partial charge in [0.15, 0.2) is 0 Å². The highest BCUT2D eigenvalue weighted by atomic mass is 15.1. The highest BCUT2D eigenvalue weighted by Gasteiger charge is 2.06. The molecule has 3 rings (SSSR count). The van der Waals surface area contributed by atoms with Crippen molar-refractivity contribution in [3.63, 3.8) is 0 Å². The van der Waals surface area contributed by atoms with Gasteiger partial charge >= 0.3 is 0 Å². The topological polar surface area (TPSA) is 38.7 Å². The minimum atomic E-state index is 0.839. The van der Waals surface area contributed by atoms with Crippen LogP contribution < -0.4 is 0 Å². The van der Waals surface area contributed by atoms with E-state index in [1.165, 1.54) is 0 Å². The zero-order valence-corrected chi connectivity index (χ0v) is 7.38. The van der Waals surface area contributed by atoms with Crippen LogP contribution >= 0.6 is 0 Å². The number of rotatable bonds is 0. The van der Waals surface area contributed by atoms with Gasteiger partial charge in [0, 0.05) is 17.1 Å². The molecule has 2 heterocycles. The summed E-state index contributed by atoms with van der Waals surface area (Å²) in [6, 6.07) is 8.10. The second kappa shape index (κ2) is 2.73. The predicted octanol–water partition coefficient (Wildman–Crippen LogP) is 2.13. The van der Waals surface area contributed by atoms with Crippen LogP contribution in [0.1, 0.15) is 0 Å². The van der Waals surface area contributed by atoms with Gasteiger partial charge in [0.1, 0.15) is 5.69 Å². The van der Waals surface area contributed by atoms with Crippen LogP contribution in [0, 0.1) is 0 Å². The Labute approximate surface area is 80.8 Å². The minimum absolute atomic E-state index is 0.839. The summed E-state index contributed by atoms with van der Waals surface area (Å²) in [5.74, 6) is 0. The Morgan fingerprint density at radius 1 is 0.929 bits per heavy atom. The molecule has 0 radical (unpaired) electrons. The molecule has 0 unspecified atom stereocenters. The highest BCUT2D eigenvalue weighted by molar-refractivity contribution is 5.94. The molecule has 0 atom stereocenters. The van der Waals surface area contributed by atoms with E-state index in [1.54, 1.807) is 12.4 Å². The molecule has 0 saturated carbocycles. The Morgan fingerprint density at radius 3 is 2.86 bits per heavy atom. The van der Waals surface area contributed by atoms with Crippen molar-refractivity contribution in [2.75, 3.05) is 0 Å². The van der Waals surface area contributed by atoms with Crippen LogP contribution in [0.25, 0.3) is 22.0 Å². The van der Waals surface area contributed by atoms with Crippen molar-refractivity contribution in [3.05, 3.63) is 42.9 Å². The molecule has 2 aliphatic heterocycles. The molecular weight excluding hydrogens is 174 g/mol. The summed E-state index contributed by atoms with van der Waals surface area (Å²) in [6.07, 6.45) is 5.36. The van der Waals surface area contributed by atoms with Gasteiger partial charge in [-0.2, -0.15) is 5.10 Å². The van der Waals surface area contributed by atoms with E-state index in [0.717, 1.165) is 22.0 Å². The van der Waals surface area contributed by atoms with Crippen LogP contribution in [0.15, 0.2) is 42.9 Å². The summed E-state index contributed by atoms with van der Waals surface area (Å²) in [7, 11) is 0. The number of hydrogen-bond donors (Lipinski definition) is 0. The average molecular weight is 181 g/mol. The Bertz CT molecular complexity index is 562. The Kier molecular flexibility index (Phi) is 1.44. The van der Waals surface area contributed by atoms with Crippen LogP contribution in [0.4, 0.5) is 0 Å². The van der Waals surface area contributed by atoms with Crippen LogP contribution in [0.5, 0.6) is 0 Å². The highest BCUT2D eigenvalue weighted by Crippen LogP contribution is 2.25. The van der Waals surface area contributed by atoms with Gasteiger partial charge in [-0.3, -0.25) is 4.98 Å². The first-order valence-electron chi connectivity index (χ1n) is 4.39. The molecule has 0 N–H and O–H groups in total. The lowest BCUT2D eigenvalue weighted by Gasteiger charge is -1.93. The predicted molar refractivity (Wildman–Crippen MR) is 54.0 cm³/mol. The van der Waals surface area contributed by atoms with E-state index in [4.69, 9.17) is 0 Å². The number of fused-ring (bicyclic) bond motifs is 3. The van der Waals surface area contributed by atoms with Crippen molar-refractivity contribution < 1.29 is 0 Å². The van der Waals surface area contributed by atoms with Gasteiger partial charge in [-0.15, -0.1) is 5.10 Å². The molecule has 0 bridgehead atoms. The first-order valence-corrected chi connectivity index (χ1v) is 4.39. The van der Waals surface area contributed by atoms with Crippen molar-refractivity contribution in [3.8, 4) is 11.3 Å². The smallest absolute Gasteiger partial charge is 0.113 e. The maximum atomic E-state index is 4.17. The van der Waals surface area contributed by atoms with Crippen LogP contribution in [-0.2, 0) is 0 Å². The Balaban J connectivity index is 2.56. The quantitative estimate of drug-likeness (QED) is 0.533. The van der Waals surface area contributed by atoms with Gasteiger partial charge in [-0.25, -0.2) is 0 Å². The first-order chi connectivity index (χ1) is 6.95. The van der Waals surface area contributed by atoms with Crippen molar-refractivity contribution >= 4 is 10.8 Å². The van der Waals surface area contributed by atoms with Crippen LogP contribution in [0.3, 0.4) is 0 Å². The fourth-order valence-electron chi connectivity index (χ4n) is 1.61. The standard InChI is InChI=1S/C11H7N3/c1-2-4-9-8(3-1)5-12-7-11-10(9)6-13-14-11/h1-7H. The van der Waals surface area contributed by atoms with Crippen LogP contribution in [-0.4, -0.2) is 15.2 Å². The van der Waals surface area contributed by atoms with E-state index in [-0.39, 0.29) is 0 Å². The maximum Gasteiger partial charge on any atom is 0.113 e. The SMILES string of the molecule is c1ccc2c3cnnc-3cncc2c1. The monoisotopic (exact) mass is 181 g/mol. The molecule has 3 nitrogen and oxygen atoms in total. The Hall–Kier alpha value is -2.03. The van der Waals surface area contributed by atoms with E-state index in [0.29, 0.717) is 0 Å². The van der Waals surface area contributed by atoms with Crippen molar-refractivity contribution in [2.45, 2.75) is 0 Å². The van der Waals surface area contributed by atoms with E-state index in [9.17, 15) is 0 Å². The third-order valence-electron chi connectivity index (χ3n) is 2.29. The molecule has 0 fully saturated rings. The van der Waals surface area contributed by atoms with Gasteiger partial charge in [0.05, 0.1) is 12.4 Å². The third kappa shape index (κ3) is 0.956. The molecule has 0 spiro atoms. The molecule has 66 valence electrons. The van der Waals surface area contributed by atoms with Crippen molar-refractivity contribution in [2.24, 2.45) is 0 Å². The second-order valence-corrected chi connectivity index (χ2v) is 3.14. The fraction of sp³-hybridized carbons (Fsp3) is 0. The molecule has 1 aromatic rings. The van der Waals surface area contributed by atoms with Gasteiger partial charge in [0.25, 0.3) is 0 Å². The molecule has 3 heteroatoms. The fourth-order valence-corrected chi connectivity index (χ4v) is 1.61. The molecule has 14 heavy (non-hydrogen) atoms. The molecule has 0 saturated heterocycles. The van der Waals surface area contributed by atoms with E-state index >= 15 is 0 Å². The summed E-state index contributed by atoms with van der Waals surface area (Å²) in [6.45, 7) is 0. The lowest BCUT2D eigenvalue weighted by atomic mass is 10.1. The number of hydrogen-bond acceptors (Lipinski definition) is 3. The van der Waals surface area contributed by atoms with Gasteiger partial charge < -0.3 is 0 Å². The molecule has 0 aromatic heterocycles. The van der Waals surface area contributed by atoms with Crippen molar-refractivity contribution in [1.82, 2.24) is 15.2 Å².